The lowest BCUT2D eigenvalue weighted by atomic mass is 10.2. The third kappa shape index (κ3) is 4.05. The highest BCUT2D eigenvalue weighted by Crippen LogP contribution is 2.29. The van der Waals surface area contributed by atoms with Crippen molar-refractivity contribution in [3.8, 4) is 11.5 Å². The molecule has 3 heterocycles. The number of carbonyl (C=O) groups excluding carboxylic acids is 1. The highest BCUT2D eigenvalue weighted by Gasteiger charge is 2.21. The second-order valence-electron chi connectivity index (χ2n) is 6.62. The molecule has 0 spiro atoms. The summed E-state index contributed by atoms with van der Waals surface area (Å²) in [7, 11) is 0. The van der Waals surface area contributed by atoms with E-state index in [1.165, 1.54) is 40.0 Å². The standard InChI is InChI=1S/C22H15FN6OS2/c23-18-5-1-2-6-19(18)29-21(28-11-3-4-12-28)17(13-25-29)20(30)26-15-7-9-16(10-8-15)32-22-27-24-14-31-22/h1-14H,(H,26,30). The molecule has 0 atom stereocenters. The van der Waals surface area contributed by atoms with Crippen LogP contribution in [0.15, 0.2) is 94.0 Å². The Morgan fingerprint density at radius 3 is 2.53 bits per heavy atom. The average molecular weight is 463 g/mol. The first-order chi connectivity index (χ1) is 15.7. The molecule has 3 aromatic heterocycles. The molecule has 158 valence electrons. The second-order valence-corrected chi connectivity index (χ2v) is 8.77. The van der Waals surface area contributed by atoms with Gasteiger partial charge in [0, 0.05) is 23.0 Å². The van der Waals surface area contributed by atoms with Gasteiger partial charge in [0.2, 0.25) is 0 Å². The third-order valence-electron chi connectivity index (χ3n) is 4.58. The van der Waals surface area contributed by atoms with Gasteiger partial charge in [-0.1, -0.05) is 35.2 Å². The van der Waals surface area contributed by atoms with E-state index >= 15 is 0 Å². The summed E-state index contributed by atoms with van der Waals surface area (Å²) < 4.78 is 18.4. The Bertz CT molecular complexity index is 1350. The van der Waals surface area contributed by atoms with Crippen molar-refractivity contribution in [1.29, 1.82) is 0 Å². The van der Waals surface area contributed by atoms with Gasteiger partial charge in [-0.2, -0.15) is 5.10 Å². The van der Waals surface area contributed by atoms with Crippen molar-refractivity contribution in [2.24, 2.45) is 0 Å². The van der Waals surface area contributed by atoms with Crippen LogP contribution in [0, 0.1) is 5.82 Å². The molecule has 5 aromatic rings. The molecule has 0 saturated carbocycles. The van der Waals surface area contributed by atoms with E-state index in [-0.39, 0.29) is 11.6 Å². The van der Waals surface area contributed by atoms with E-state index in [0.717, 1.165) is 9.24 Å². The topological polar surface area (TPSA) is 77.6 Å². The lowest BCUT2D eigenvalue weighted by Gasteiger charge is -2.12. The molecule has 0 aliphatic heterocycles. The van der Waals surface area contributed by atoms with Gasteiger partial charge >= 0.3 is 0 Å². The molecule has 5 rings (SSSR count). The fourth-order valence-electron chi connectivity index (χ4n) is 3.14. The molecule has 2 aromatic carbocycles. The van der Waals surface area contributed by atoms with Crippen LogP contribution in [0.1, 0.15) is 10.4 Å². The van der Waals surface area contributed by atoms with Gasteiger partial charge in [0.1, 0.15) is 22.6 Å². The Labute approximate surface area is 190 Å². The lowest BCUT2D eigenvalue weighted by Crippen LogP contribution is -2.15. The van der Waals surface area contributed by atoms with E-state index in [2.05, 4.69) is 20.6 Å². The van der Waals surface area contributed by atoms with Gasteiger partial charge in [0.15, 0.2) is 10.2 Å². The number of aromatic nitrogens is 5. The maximum absolute atomic E-state index is 14.4. The fourth-order valence-corrected chi connectivity index (χ4v) is 4.59. The summed E-state index contributed by atoms with van der Waals surface area (Å²) in [5.74, 6) is -0.332. The van der Waals surface area contributed by atoms with Crippen molar-refractivity contribution >= 4 is 34.7 Å². The summed E-state index contributed by atoms with van der Waals surface area (Å²) in [6, 6.07) is 17.4. The largest absolute Gasteiger partial charge is 0.322 e. The van der Waals surface area contributed by atoms with Gasteiger partial charge in [-0.15, -0.1) is 10.2 Å². The summed E-state index contributed by atoms with van der Waals surface area (Å²) in [6.45, 7) is 0. The Balaban J connectivity index is 1.43. The zero-order valence-corrected chi connectivity index (χ0v) is 18.1. The third-order valence-corrected chi connectivity index (χ3v) is 6.36. The quantitative estimate of drug-likeness (QED) is 0.382. The minimum atomic E-state index is -0.431. The van der Waals surface area contributed by atoms with E-state index in [9.17, 15) is 9.18 Å². The Morgan fingerprint density at radius 1 is 1.03 bits per heavy atom. The smallest absolute Gasteiger partial charge is 0.261 e. The van der Waals surface area contributed by atoms with Crippen molar-refractivity contribution in [3.63, 3.8) is 0 Å². The average Bonchev–Trinajstić information content (AvgIpc) is 3.57. The number of amides is 1. The van der Waals surface area contributed by atoms with Gasteiger partial charge in [0.25, 0.3) is 5.91 Å². The summed E-state index contributed by atoms with van der Waals surface area (Å²) in [4.78, 5) is 14.1. The van der Waals surface area contributed by atoms with Crippen molar-refractivity contribution in [2.75, 3.05) is 5.32 Å². The van der Waals surface area contributed by atoms with Crippen LogP contribution < -0.4 is 5.32 Å². The minimum Gasteiger partial charge on any atom is -0.322 e. The van der Waals surface area contributed by atoms with Gasteiger partial charge < -0.3 is 9.88 Å². The minimum absolute atomic E-state index is 0.258. The molecule has 0 unspecified atom stereocenters. The number of benzene rings is 2. The predicted octanol–water partition coefficient (Wildman–Crippen LogP) is 5.06. The van der Waals surface area contributed by atoms with Crippen molar-refractivity contribution in [1.82, 2.24) is 24.5 Å². The van der Waals surface area contributed by atoms with Crippen LogP contribution in [0.3, 0.4) is 0 Å². The summed E-state index contributed by atoms with van der Waals surface area (Å²) in [5.41, 5.74) is 2.89. The second kappa shape index (κ2) is 8.77. The van der Waals surface area contributed by atoms with Crippen LogP contribution in [0.2, 0.25) is 0 Å². The number of hydrogen-bond donors (Lipinski definition) is 1. The molecule has 1 N–H and O–H groups in total. The molecule has 0 aliphatic carbocycles. The van der Waals surface area contributed by atoms with Gasteiger partial charge in [-0.05, 0) is 48.5 Å². The molecule has 7 nitrogen and oxygen atoms in total. The predicted molar refractivity (Wildman–Crippen MR) is 121 cm³/mol. The Kier molecular flexibility index (Phi) is 5.53. The number of nitrogens with zero attached hydrogens (tertiary/aromatic N) is 5. The number of carbonyl (C=O) groups is 1. The molecule has 0 saturated heterocycles. The molecule has 0 fully saturated rings. The fraction of sp³-hybridized carbons (Fsp3) is 0. The summed E-state index contributed by atoms with van der Waals surface area (Å²) in [6.07, 6.45) is 5.01. The van der Waals surface area contributed by atoms with Crippen molar-refractivity contribution in [2.45, 2.75) is 9.24 Å². The van der Waals surface area contributed by atoms with Gasteiger partial charge in [-0.25, -0.2) is 9.07 Å². The normalized spacial score (nSPS) is 10.9. The molecular formula is C22H15FN6OS2. The van der Waals surface area contributed by atoms with E-state index in [1.807, 2.05) is 36.4 Å². The van der Waals surface area contributed by atoms with Crippen LogP contribution in [0.4, 0.5) is 10.1 Å². The monoisotopic (exact) mass is 462 g/mol. The van der Waals surface area contributed by atoms with Crippen LogP contribution in [-0.4, -0.2) is 30.5 Å². The van der Waals surface area contributed by atoms with Gasteiger partial charge in [0.05, 0.1) is 6.20 Å². The van der Waals surface area contributed by atoms with E-state index in [0.29, 0.717) is 17.1 Å². The maximum Gasteiger partial charge on any atom is 0.261 e. The van der Waals surface area contributed by atoms with Gasteiger partial charge in [-0.3, -0.25) is 4.79 Å². The van der Waals surface area contributed by atoms with Crippen molar-refractivity contribution in [3.05, 3.63) is 96.1 Å². The number of anilines is 1. The molecule has 0 bridgehead atoms. The SMILES string of the molecule is O=C(Nc1ccc(Sc2nncs2)cc1)c1cnn(-c2ccccc2F)c1-n1cccc1. The van der Waals surface area contributed by atoms with Crippen LogP contribution >= 0.6 is 23.1 Å². The van der Waals surface area contributed by atoms with Crippen LogP contribution in [-0.2, 0) is 0 Å². The van der Waals surface area contributed by atoms with E-state index in [4.69, 9.17) is 0 Å². The molecule has 10 heteroatoms. The molecular weight excluding hydrogens is 447 g/mol. The molecule has 0 radical (unpaired) electrons. The van der Waals surface area contributed by atoms with E-state index < -0.39 is 5.82 Å². The number of para-hydroxylation sites is 1. The molecule has 0 aliphatic rings. The Hall–Kier alpha value is -3.76. The zero-order chi connectivity index (χ0) is 21.9. The highest BCUT2D eigenvalue weighted by molar-refractivity contribution is 8.01. The van der Waals surface area contributed by atoms with Crippen LogP contribution in [0.5, 0.6) is 0 Å². The summed E-state index contributed by atoms with van der Waals surface area (Å²) in [5, 5.41) is 15.0. The van der Waals surface area contributed by atoms with E-state index in [1.54, 1.807) is 40.7 Å². The van der Waals surface area contributed by atoms with Crippen molar-refractivity contribution < 1.29 is 9.18 Å². The summed E-state index contributed by atoms with van der Waals surface area (Å²) >= 11 is 2.97. The lowest BCUT2D eigenvalue weighted by molar-refractivity contribution is 0.102. The highest BCUT2D eigenvalue weighted by atomic mass is 32.2. The number of halogens is 1. The number of nitrogens with one attached hydrogen (secondary N) is 1. The molecule has 1 amide bonds. The first kappa shape index (κ1) is 20.2. The molecule has 32 heavy (non-hydrogen) atoms. The maximum atomic E-state index is 14.4. The zero-order valence-electron chi connectivity index (χ0n) is 16.4. The number of hydrogen-bond acceptors (Lipinski definition) is 6. The first-order valence-electron chi connectivity index (χ1n) is 9.51. The van der Waals surface area contributed by atoms with Crippen LogP contribution in [0.25, 0.3) is 11.5 Å². The first-order valence-corrected chi connectivity index (χ1v) is 11.2. The number of rotatable bonds is 6. The Morgan fingerprint density at radius 2 is 1.81 bits per heavy atom.